The van der Waals surface area contributed by atoms with E-state index in [4.69, 9.17) is 11.6 Å². The Balaban J connectivity index is 2.27. The van der Waals surface area contributed by atoms with E-state index in [1.807, 2.05) is 24.3 Å². The van der Waals surface area contributed by atoms with Crippen molar-refractivity contribution < 1.29 is 8.42 Å². The van der Waals surface area contributed by atoms with Gasteiger partial charge < -0.3 is 5.32 Å². The minimum absolute atomic E-state index is 0.330. The topological polar surface area (TPSA) is 46.2 Å². The molecule has 0 radical (unpaired) electrons. The van der Waals surface area contributed by atoms with Crippen LogP contribution in [0.3, 0.4) is 0 Å². The van der Waals surface area contributed by atoms with Crippen LogP contribution in [-0.4, -0.2) is 19.3 Å². The summed E-state index contributed by atoms with van der Waals surface area (Å²) in [4.78, 5) is 0.330. The number of hydrogen-bond donors (Lipinski definition) is 1. The Morgan fingerprint density at radius 2 is 1.89 bits per heavy atom. The molecule has 1 unspecified atom stereocenters. The molecule has 0 spiro atoms. The van der Waals surface area contributed by atoms with Gasteiger partial charge in [0.25, 0.3) is 0 Å². The Kier molecular flexibility index (Phi) is 4.47. The summed E-state index contributed by atoms with van der Waals surface area (Å²) >= 11 is 7.88. The number of hydrogen-bond acceptors (Lipinski definition) is 3. The van der Waals surface area contributed by atoms with E-state index in [2.05, 4.69) is 27.9 Å². The van der Waals surface area contributed by atoms with Gasteiger partial charge in [-0.3, -0.25) is 0 Å². The van der Waals surface area contributed by atoms with Crippen LogP contribution in [0.15, 0.2) is 46.1 Å². The Morgan fingerprint density at radius 3 is 2.50 bits per heavy atom. The minimum atomic E-state index is -2.24. The maximum Gasteiger partial charge on any atom is 0.219 e. The Morgan fingerprint density at radius 1 is 1.22 bits per heavy atom. The summed E-state index contributed by atoms with van der Waals surface area (Å²) in [6.45, 7) is 0. The molecule has 18 heavy (non-hydrogen) atoms. The van der Waals surface area contributed by atoms with Crippen LogP contribution >= 0.6 is 34.2 Å². The van der Waals surface area contributed by atoms with Crippen LogP contribution < -0.4 is 5.32 Å². The lowest BCUT2D eigenvalue weighted by Crippen LogP contribution is -2.28. The molecule has 0 saturated carbocycles. The third kappa shape index (κ3) is 3.37. The lowest BCUT2D eigenvalue weighted by molar-refractivity contribution is 0.627. The van der Waals surface area contributed by atoms with Gasteiger partial charge in [-0.15, -0.1) is 0 Å². The first-order chi connectivity index (χ1) is 8.56. The van der Waals surface area contributed by atoms with Crippen LogP contribution in [0.4, 0.5) is 5.69 Å². The van der Waals surface area contributed by atoms with Crippen molar-refractivity contribution in [2.75, 3.05) is 5.32 Å². The molecule has 2 rings (SSSR count). The van der Waals surface area contributed by atoms with Crippen LogP contribution in [-0.2, 0) is 10.3 Å². The number of benzene rings is 1. The molecule has 0 heterocycles. The first kappa shape index (κ1) is 13.6. The van der Waals surface area contributed by atoms with Crippen molar-refractivity contribution in [3.8, 4) is 0 Å². The Bertz CT molecular complexity index is 639. The molecule has 1 aromatic carbocycles. The molecule has 0 aliphatic heterocycles. The highest BCUT2D eigenvalue weighted by atomic mass is 127. The molecule has 0 saturated heterocycles. The predicted molar refractivity (Wildman–Crippen MR) is 84.0 cm³/mol. The maximum atomic E-state index is 11.2. The molecule has 0 bridgehead atoms. The number of nitrogens with one attached hydrogen (secondary N) is 1. The van der Waals surface area contributed by atoms with Crippen LogP contribution in [0.1, 0.15) is 0 Å². The van der Waals surface area contributed by atoms with E-state index in [0.29, 0.717) is 9.89 Å². The molecule has 0 aromatic heterocycles. The zero-order valence-corrected chi connectivity index (χ0v) is 12.8. The zero-order chi connectivity index (χ0) is 13.1. The summed E-state index contributed by atoms with van der Waals surface area (Å²) in [5.74, 6) is 0. The van der Waals surface area contributed by atoms with Gasteiger partial charge in [-0.1, -0.05) is 23.8 Å². The first-order valence-electron chi connectivity index (χ1n) is 5.10. The van der Waals surface area contributed by atoms with Gasteiger partial charge in [0.2, 0.25) is 10.3 Å². The third-order valence-electron chi connectivity index (χ3n) is 2.39. The standard InChI is InChI=1S/C12H9ClINO2S/c13-8-1-4-10(5-2-8)15-11-6-3-9(14)7-12(11)18(16)17/h1-7,11,15H. The van der Waals surface area contributed by atoms with Crippen LogP contribution in [0, 0.1) is 0 Å². The van der Waals surface area contributed by atoms with E-state index in [1.165, 1.54) is 0 Å². The summed E-state index contributed by atoms with van der Waals surface area (Å²) in [6.07, 6.45) is 5.35. The van der Waals surface area contributed by atoms with E-state index in [9.17, 15) is 8.42 Å². The molecule has 1 N–H and O–H groups in total. The van der Waals surface area contributed by atoms with E-state index in [1.54, 1.807) is 18.2 Å². The van der Waals surface area contributed by atoms with Gasteiger partial charge >= 0.3 is 0 Å². The van der Waals surface area contributed by atoms with E-state index in [0.717, 1.165) is 9.27 Å². The normalized spacial score (nSPS) is 18.4. The SMILES string of the molecule is O=S(=O)=C1C=C(I)C=CC1Nc1ccc(Cl)cc1. The van der Waals surface area contributed by atoms with Gasteiger partial charge in [0.1, 0.15) is 0 Å². The molecule has 0 fully saturated rings. The van der Waals surface area contributed by atoms with Crippen molar-refractivity contribution in [2.24, 2.45) is 0 Å². The summed E-state index contributed by atoms with van der Waals surface area (Å²) < 4.78 is 23.2. The smallest absolute Gasteiger partial charge is 0.219 e. The minimum Gasteiger partial charge on any atom is -0.374 e. The molecule has 6 heteroatoms. The van der Waals surface area contributed by atoms with Crippen LogP contribution in [0.25, 0.3) is 0 Å². The lowest BCUT2D eigenvalue weighted by Gasteiger charge is -2.18. The monoisotopic (exact) mass is 393 g/mol. The predicted octanol–water partition coefficient (Wildman–Crippen LogP) is 3.06. The quantitative estimate of drug-likeness (QED) is 0.620. The number of rotatable bonds is 2. The Hall–Kier alpha value is -0.790. The second-order valence-electron chi connectivity index (χ2n) is 3.65. The van der Waals surface area contributed by atoms with E-state index in [-0.39, 0.29) is 6.04 Å². The fourth-order valence-corrected chi connectivity index (χ4v) is 3.00. The number of halogens is 2. The first-order valence-corrected chi connectivity index (χ1v) is 7.63. The molecule has 1 aliphatic carbocycles. The van der Waals surface area contributed by atoms with Crippen molar-refractivity contribution in [2.45, 2.75) is 6.04 Å². The highest BCUT2D eigenvalue weighted by molar-refractivity contribution is 14.1. The fraction of sp³-hybridized carbons (Fsp3) is 0.0833. The fourth-order valence-electron chi connectivity index (χ4n) is 1.55. The summed E-state index contributed by atoms with van der Waals surface area (Å²) in [7, 11) is -2.24. The summed E-state index contributed by atoms with van der Waals surface area (Å²) in [5, 5.41) is 3.78. The van der Waals surface area contributed by atoms with Gasteiger partial charge in [-0.25, -0.2) is 0 Å². The lowest BCUT2D eigenvalue weighted by atomic mass is 10.1. The van der Waals surface area contributed by atoms with Crippen LogP contribution in [0.5, 0.6) is 0 Å². The van der Waals surface area contributed by atoms with Crippen molar-refractivity contribution in [3.63, 3.8) is 0 Å². The molecule has 94 valence electrons. The second kappa shape index (κ2) is 5.90. The maximum absolute atomic E-state index is 11.2. The average molecular weight is 394 g/mol. The van der Waals surface area contributed by atoms with Gasteiger partial charge in [-0.05, 0) is 52.9 Å². The molecule has 1 aliphatic rings. The highest BCUT2D eigenvalue weighted by Gasteiger charge is 2.16. The zero-order valence-electron chi connectivity index (χ0n) is 9.10. The van der Waals surface area contributed by atoms with Crippen molar-refractivity contribution in [1.29, 1.82) is 0 Å². The number of allylic oxidation sites excluding steroid dienone is 2. The highest BCUT2D eigenvalue weighted by Crippen LogP contribution is 2.19. The number of anilines is 1. The molecule has 3 nitrogen and oxygen atoms in total. The summed E-state index contributed by atoms with van der Waals surface area (Å²) in [5.41, 5.74) is 0.822. The largest absolute Gasteiger partial charge is 0.374 e. The summed E-state index contributed by atoms with van der Waals surface area (Å²) in [6, 6.07) is 6.78. The molecule has 0 amide bonds. The molecule has 1 aromatic rings. The van der Waals surface area contributed by atoms with Gasteiger partial charge in [0.05, 0.1) is 10.9 Å². The van der Waals surface area contributed by atoms with E-state index < -0.39 is 10.3 Å². The average Bonchev–Trinajstić information content (AvgIpc) is 2.34. The van der Waals surface area contributed by atoms with Crippen molar-refractivity contribution in [3.05, 3.63) is 51.1 Å². The third-order valence-corrected chi connectivity index (χ3v) is 4.07. The van der Waals surface area contributed by atoms with Gasteiger partial charge in [0, 0.05) is 14.3 Å². The molecule has 1 atom stereocenters. The second-order valence-corrected chi connectivity index (χ2v) is 6.28. The van der Waals surface area contributed by atoms with Crippen molar-refractivity contribution >= 4 is 55.0 Å². The van der Waals surface area contributed by atoms with Crippen molar-refractivity contribution in [1.82, 2.24) is 0 Å². The Labute approximate surface area is 125 Å². The van der Waals surface area contributed by atoms with Gasteiger partial charge in [-0.2, -0.15) is 8.42 Å². The van der Waals surface area contributed by atoms with E-state index >= 15 is 0 Å². The van der Waals surface area contributed by atoms with Gasteiger partial charge in [0.15, 0.2) is 0 Å². The van der Waals surface area contributed by atoms with Crippen LogP contribution in [0.2, 0.25) is 5.02 Å². The molecular weight excluding hydrogens is 385 g/mol. The molecular formula is C12H9ClINO2S.